The number of thiazole rings is 1. The van der Waals surface area contributed by atoms with Gasteiger partial charge in [0, 0.05) is 23.3 Å². The Morgan fingerprint density at radius 1 is 0.969 bits per heavy atom. The number of hydrogen-bond acceptors (Lipinski definition) is 4. The number of anilines is 1. The van der Waals surface area contributed by atoms with Crippen LogP contribution in [0, 0.1) is 0 Å². The van der Waals surface area contributed by atoms with Crippen LogP contribution in [0.25, 0.3) is 10.2 Å². The maximum Gasteiger partial charge on any atom is 0.279 e. The zero-order valence-corrected chi connectivity index (χ0v) is 20.2. The maximum absolute atomic E-state index is 12.7. The minimum atomic E-state index is -3.78. The molecule has 0 saturated heterocycles. The van der Waals surface area contributed by atoms with Gasteiger partial charge in [0.25, 0.3) is 15.9 Å². The van der Waals surface area contributed by atoms with Crippen LogP contribution in [0.4, 0.5) is 5.69 Å². The van der Waals surface area contributed by atoms with Crippen molar-refractivity contribution in [3.63, 3.8) is 0 Å². The fraction of sp³-hybridized carbons (Fsp3) is 0.0476. The highest BCUT2D eigenvalue weighted by Gasteiger charge is 2.15. The highest BCUT2D eigenvalue weighted by Crippen LogP contribution is 2.31. The number of aryl methyl sites for hydroxylation is 1. The molecule has 0 unspecified atom stereocenters. The zero-order valence-electron chi connectivity index (χ0n) is 16.3. The summed E-state index contributed by atoms with van der Waals surface area (Å²) in [5.74, 6) is -0.471. The first kappa shape index (κ1) is 22.8. The van der Waals surface area contributed by atoms with Crippen LogP contribution < -0.4 is 9.52 Å². The Labute approximate surface area is 202 Å². The van der Waals surface area contributed by atoms with Crippen LogP contribution in [0.15, 0.2) is 70.6 Å². The van der Waals surface area contributed by atoms with Crippen molar-refractivity contribution in [3.8, 4) is 0 Å². The number of nitrogens with one attached hydrogen (secondary N) is 1. The first-order chi connectivity index (χ1) is 15.2. The minimum absolute atomic E-state index is 0.0769. The molecule has 1 N–H and O–H groups in total. The second kappa shape index (κ2) is 8.88. The number of halogens is 3. The summed E-state index contributed by atoms with van der Waals surface area (Å²) in [6.45, 7) is 0. The Kier molecular flexibility index (Phi) is 6.33. The lowest BCUT2D eigenvalue weighted by atomic mass is 10.2. The third-order valence-corrected chi connectivity index (χ3v) is 8.10. The Bertz CT molecular complexity index is 1510. The fourth-order valence-corrected chi connectivity index (χ4v) is 5.65. The fourth-order valence-electron chi connectivity index (χ4n) is 2.94. The molecule has 4 aromatic rings. The van der Waals surface area contributed by atoms with Gasteiger partial charge < -0.3 is 4.57 Å². The van der Waals surface area contributed by atoms with Gasteiger partial charge in [-0.2, -0.15) is 4.99 Å². The van der Waals surface area contributed by atoms with E-state index < -0.39 is 15.9 Å². The van der Waals surface area contributed by atoms with E-state index in [0.29, 0.717) is 36.6 Å². The molecule has 32 heavy (non-hydrogen) atoms. The highest BCUT2D eigenvalue weighted by molar-refractivity contribution is 7.92. The van der Waals surface area contributed by atoms with Crippen molar-refractivity contribution >= 4 is 78.0 Å². The molecule has 1 heterocycles. The van der Waals surface area contributed by atoms with Crippen molar-refractivity contribution in [1.82, 2.24) is 4.57 Å². The van der Waals surface area contributed by atoms with Crippen molar-refractivity contribution in [3.05, 3.63) is 86.1 Å². The summed E-state index contributed by atoms with van der Waals surface area (Å²) in [6.07, 6.45) is 0. The number of carbonyl (C=O) groups is 1. The molecule has 0 fully saturated rings. The Morgan fingerprint density at radius 3 is 2.28 bits per heavy atom. The summed E-state index contributed by atoms with van der Waals surface area (Å²) in [5.41, 5.74) is 1.31. The number of rotatable bonds is 4. The van der Waals surface area contributed by atoms with E-state index in [2.05, 4.69) is 9.71 Å². The van der Waals surface area contributed by atoms with E-state index in [4.69, 9.17) is 34.8 Å². The van der Waals surface area contributed by atoms with E-state index in [0.717, 1.165) is 4.70 Å². The molecule has 3 aromatic carbocycles. The molecule has 6 nitrogen and oxygen atoms in total. The van der Waals surface area contributed by atoms with E-state index in [9.17, 15) is 13.2 Å². The quantitative estimate of drug-likeness (QED) is 0.368. The lowest BCUT2D eigenvalue weighted by Gasteiger charge is -2.08. The summed E-state index contributed by atoms with van der Waals surface area (Å²) in [7, 11) is -2.03. The number of aromatic nitrogens is 1. The Hall–Kier alpha value is -2.36. The molecule has 0 saturated carbocycles. The van der Waals surface area contributed by atoms with Gasteiger partial charge in [-0.25, -0.2) is 8.42 Å². The topological polar surface area (TPSA) is 80.5 Å². The highest BCUT2D eigenvalue weighted by atomic mass is 35.5. The van der Waals surface area contributed by atoms with Crippen molar-refractivity contribution in [1.29, 1.82) is 0 Å². The van der Waals surface area contributed by atoms with Gasteiger partial charge in [0.15, 0.2) is 4.80 Å². The van der Waals surface area contributed by atoms with Gasteiger partial charge in [-0.1, -0.05) is 46.1 Å². The van der Waals surface area contributed by atoms with Gasteiger partial charge in [0.2, 0.25) is 0 Å². The van der Waals surface area contributed by atoms with Crippen LogP contribution in [-0.2, 0) is 17.1 Å². The summed E-state index contributed by atoms with van der Waals surface area (Å²) in [5, 5.41) is 1.25. The summed E-state index contributed by atoms with van der Waals surface area (Å²) < 4.78 is 30.0. The van der Waals surface area contributed by atoms with Crippen LogP contribution in [0.3, 0.4) is 0 Å². The standard InChI is InChI=1S/C21H14Cl3N3O3S2/c1-27-19-17(11-10-16(23)18(19)24)31-21(27)25-20(28)12-2-6-14(7-3-12)26-32(29,30)15-8-4-13(22)5-9-15/h2-11,26H,1H3. The summed E-state index contributed by atoms with van der Waals surface area (Å²) >= 11 is 19.5. The maximum atomic E-state index is 12.7. The monoisotopic (exact) mass is 525 g/mol. The zero-order chi connectivity index (χ0) is 23.0. The van der Waals surface area contributed by atoms with Crippen molar-refractivity contribution < 1.29 is 13.2 Å². The molecule has 164 valence electrons. The van der Waals surface area contributed by atoms with Gasteiger partial charge in [0.1, 0.15) is 0 Å². The van der Waals surface area contributed by atoms with E-state index in [1.54, 1.807) is 17.7 Å². The number of hydrogen-bond donors (Lipinski definition) is 1. The number of sulfonamides is 1. The molecule has 0 spiro atoms. The average Bonchev–Trinajstić information content (AvgIpc) is 3.07. The number of benzene rings is 3. The van der Waals surface area contributed by atoms with Crippen LogP contribution in [0.2, 0.25) is 15.1 Å². The van der Waals surface area contributed by atoms with E-state index >= 15 is 0 Å². The molecular weight excluding hydrogens is 513 g/mol. The molecule has 1 aromatic heterocycles. The number of carbonyl (C=O) groups excluding carboxylic acids is 1. The third kappa shape index (κ3) is 4.55. The molecule has 0 aliphatic carbocycles. The predicted octanol–water partition coefficient (Wildman–Crippen LogP) is 5.74. The second-order valence-electron chi connectivity index (χ2n) is 6.71. The molecule has 0 bridgehead atoms. The third-order valence-electron chi connectivity index (χ3n) is 4.56. The molecule has 0 radical (unpaired) electrons. The lowest BCUT2D eigenvalue weighted by molar-refractivity contribution is 0.0998. The number of fused-ring (bicyclic) bond motifs is 1. The Balaban J connectivity index is 1.59. The molecular formula is C21H14Cl3N3O3S2. The van der Waals surface area contributed by atoms with Gasteiger partial charge in [-0.15, -0.1) is 0 Å². The van der Waals surface area contributed by atoms with Crippen LogP contribution >= 0.6 is 46.1 Å². The van der Waals surface area contributed by atoms with Crippen LogP contribution in [-0.4, -0.2) is 18.9 Å². The normalized spacial score (nSPS) is 12.3. The number of amides is 1. The van der Waals surface area contributed by atoms with Crippen molar-refractivity contribution in [2.45, 2.75) is 4.90 Å². The van der Waals surface area contributed by atoms with E-state index in [1.165, 1.54) is 59.9 Å². The van der Waals surface area contributed by atoms with Gasteiger partial charge in [-0.05, 0) is 60.7 Å². The predicted molar refractivity (Wildman–Crippen MR) is 129 cm³/mol. The first-order valence-corrected chi connectivity index (χ1v) is 12.5. The summed E-state index contributed by atoms with van der Waals surface area (Å²) in [4.78, 5) is 17.4. The number of nitrogens with zero attached hydrogens (tertiary/aromatic N) is 2. The van der Waals surface area contributed by atoms with Crippen LogP contribution in [0.1, 0.15) is 10.4 Å². The van der Waals surface area contributed by atoms with Gasteiger partial charge in [0.05, 0.1) is 25.2 Å². The largest absolute Gasteiger partial charge is 0.318 e. The molecule has 11 heteroatoms. The van der Waals surface area contributed by atoms with Crippen LogP contribution in [0.5, 0.6) is 0 Å². The average molecular weight is 527 g/mol. The Morgan fingerprint density at radius 2 is 1.62 bits per heavy atom. The molecule has 4 rings (SSSR count). The molecule has 0 atom stereocenters. The van der Waals surface area contributed by atoms with Crippen molar-refractivity contribution in [2.24, 2.45) is 12.0 Å². The summed E-state index contributed by atoms with van der Waals surface area (Å²) in [6, 6.07) is 15.3. The second-order valence-corrected chi connectivity index (χ2v) is 10.6. The van der Waals surface area contributed by atoms with Gasteiger partial charge in [-0.3, -0.25) is 9.52 Å². The van der Waals surface area contributed by atoms with E-state index in [-0.39, 0.29) is 4.90 Å². The molecule has 0 aliphatic rings. The van der Waals surface area contributed by atoms with Gasteiger partial charge >= 0.3 is 0 Å². The minimum Gasteiger partial charge on any atom is -0.318 e. The van der Waals surface area contributed by atoms with E-state index in [1.807, 2.05) is 6.07 Å². The first-order valence-electron chi connectivity index (χ1n) is 9.07. The lowest BCUT2D eigenvalue weighted by Crippen LogP contribution is -2.14. The SMILES string of the molecule is Cn1c(=NC(=O)c2ccc(NS(=O)(=O)c3ccc(Cl)cc3)cc2)sc2ccc(Cl)c(Cl)c21. The smallest absolute Gasteiger partial charge is 0.279 e. The molecule has 0 aliphatic heterocycles. The molecule has 1 amide bonds. The van der Waals surface area contributed by atoms with Crippen molar-refractivity contribution in [2.75, 3.05) is 4.72 Å².